The van der Waals surface area contributed by atoms with Crippen LogP contribution in [0.15, 0.2) is 0 Å². The zero-order chi connectivity index (χ0) is 9.57. The summed E-state index contributed by atoms with van der Waals surface area (Å²) in [4.78, 5) is 22.0. The van der Waals surface area contributed by atoms with Crippen LogP contribution in [-0.2, 0) is 14.3 Å². The van der Waals surface area contributed by atoms with Crippen molar-refractivity contribution >= 4 is 11.9 Å². The van der Waals surface area contributed by atoms with E-state index in [2.05, 4.69) is 0 Å². The van der Waals surface area contributed by atoms with Gasteiger partial charge in [-0.2, -0.15) is 0 Å². The first-order chi connectivity index (χ1) is 5.32. The predicted molar refractivity (Wildman–Crippen MR) is 40.5 cm³/mol. The number of aliphatic carboxylic acids is 1. The van der Waals surface area contributed by atoms with Gasteiger partial charge in [-0.05, 0) is 20.8 Å². The van der Waals surface area contributed by atoms with Crippen LogP contribution in [0.2, 0.25) is 0 Å². The van der Waals surface area contributed by atoms with Gasteiger partial charge in [0.2, 0.25) is 0 Å². The molecule has 0 amide bonds. The second-order valence-electron chi connectivity index (χ2n) is 3.84. The lowest BCUT2D eigenvalue weighted by Gasteiger charge is -2.28. The van der Waals surface area contributed by atoms with Gasteiger partial charge in [-0.25, -0.2) is 0 Å². The fraction of sp³-hybridized carbons (Fsp3) is 0.750. The van der Waals surface area contributed by atoms with Crippen LogP contribution >= 0.6 is 0 Å². The van der Waals surface area contributed by atoms with E-state index in [9.17, 15) is 9.59 Å². The topological polar surface area (TPSA) is 63.6 Å². The number of carboxylic acids is 1. The molecule has 1 rings (SSSR count). The highest BCUT2D eigenvalue weighted by molar-refractivity contribution is 5.89. The molecule has 1 heterocycles. The molecule has 0 bridgehead atoms. The molecule has 12 heavy (non-hydrogen) atoms. The van der Waals surface area contributed by atoms with Crippen LogP contribution in [0.3, 0.4) is 0 Å². The van der Waals surface area contributed by atoms with E-state index in [4.69, 9.17) is 9.84 Å². The molecule has 1 atom stereocenters. The number of carbonyl (C=O) groups excluding carboxylic acids is 1. The van der Waals surface area contributed by atoms with Crippen molar-refractivity contribution in [3.05, 3.63) is 0 Å². The van der Waals surface area contributed by atoms with Gasteiger partial charge in [0.1, 0.15) is 12.0 Å². The number of esters is 1. The molecule has 1 saturated heterocycles. The fourth-order valence-electron chi connectivity index (χ4n) is 1.13. The van der Waals surface area contributed by atoms with Crippen LogP contribution in [0.4, 0.5) is 0 Å². The molecule has 68 valence electrons. The van der Waals surface area contributed by atoms with Crippen molar-refractivity contribution in [2.24, 2.45) is 10.8 Å². The number of carbonyl (C=O) groups is 2. The Morgan fingerprint density at radius 3 is 2.17 bits per heavy atom. The van der Waals surface area contributed by atoms with E-state index in [1.807, 2.05) is 0 Å². The Morgan fingerprint density at radius 1 is 1.50 bits per heavy atom. The predicted octanol–water partition coefficient (Wildman–Crippen LogP) is 0.660. The van der Waals surface area contributed by atoms with Gasteiger partial charge >= 0.3 is 11.9 Å². The van der Waals surface area contributed by atoms with E-state index in [0.717, 1.165) is 0 Å². The molecule has 4 heteroatoms. The van der Waals surface area contributed by atoms with Gasteiger partial charge in [-0.15, -0.1) is 0 Å². The van der Waals surface area contributed by atoms with E-state index in [-0.39, 0.29) is 6.61 Å². The first-order valence-electron chi connectivity index (χ1n) is 3.73. The summed E-state index contributed by atoms with van der Waals surface area (Å²) < 4.78 is 4.73. The van der Waals surface area contributed by atoms with Crippen LogP contribution in [0.5, 0.6) is 0 Å². The molecule has 1 unspecified atom stereocenters. The Bertz CT molecular complexity index is 243. The molecule has 0 spiro atoms. The zero-order valence-corrected chi connectivity index (χ0v) is 7.38. The smallest absolute Gasteiger partial charge is 0.313 e. The number of rotatable bonds is 1. The molecular weight excluding hydrogens is 160 g/mol. The van der Waals surface area contributed by atoms with E-state index < -0.39 is 22.8 Å². The SMILES string of the molecule is CC1(C)C(=O)OCC1(C)C(=O)O. The molecule has 0 aliphatic carbocycles. The van der Waals surface area contributed by atoms with Crippen molar-refractivity contribution in [2.75, 3.05) is 6.61 Å². The maximum Gasteiger partial charge on any atom is 0.313 e. The van der Waals surface area contributed by atoms with Crippen LogP contribution in [0.25, 0.3) is 0 Å². The van der Waals surface area contributed by atoms with Crippen molar-refractivity contribution in [3.63, 3.8) is 0 Å². The second-order valence-corrected chi connectivity index (χ2v) is 3.84. The molecule has 0 saturated carbocycles. The summed E-state index contributed by atoms with van der Waals surface area (Å²) >= 11 is 0. The average Bonchev–Trinajstić information content (AvgIpc) is 2.15. The van der Waals surface area contributed by atoms with Crippen LogP contribution in [-0.4, -0.2) is 23.7 Å². The number of cyclic esters (lactones) is 1. The Morgan fingerprint density at radius 2 is 2.00 bits per heavy atom. The minimum absolute atomic E-state index is 0.0336. The molecule has 0 aromatic rings. The third-order valence-corrected chi connectivity index (χ3v) is 2.85. The van der Waals surface area contributed by atoms with Gasteiger partial charge in [-0.3, -0.25) is 9.59 Å². The maximum absolute atomic E-state index is 11.1. The summed E-state index contributed by atoms with van der Waals surface area (Å²) in [6, 6.07) is 0. The van der Waals surface area contributed by atoms with Gasteiger partial charge in [-0.1, -0.05) is 0 Å². The van der Waals surface area contributed by atoms with Crippen molar-refractivity contribution in [2.45, 2.75) is 20.8 Å². The molecule has 4 nitrogen and oxygen atoms in total. The normalized spacial score (nSPS) is 33.1. The Hall–Kier alpha value is -1.06. The van der Waals surface area contributed by atoms with Gasteiger partial charge in [0.25, 0.3) is 0 Å². The van der Waals surface area contributed by atoms with Crippen molar-refractivity contribution in [1.29, 1.82) is 0 Å². The van der Waals surface area contributed by atoms with E-state index in [1.54, 1.807) is 13.8 Å². The first kappa shape index (κ1) is 9.03. The highest BCUT2D eigenvalue weighted by Gasteiger charge is 2.58. The van der Waals surface area contributed by atoms with E-state index >= 15 is 0 Å². The van der Waals surface area contributed by atoms with E-state index in [0.29, 0.717) is 0 Å². The first-order valence-corrected chi connectivity index (χ1v) is 3.73. The third-order valence-electron chi connectivity index (χ3n) is 2.85. The molecule has 1 N–H and O–H groups in total. The Kier molecular flexibility index (Phi) is 1.67. The summed E-state index contributed by atoms with van der Waals surface area (Å²) in [5.74, 6) is -1.43. The van der Waals surface area contributed by atoms with Crippen LogP contribution in [0.1, 0.15) is 20.8 Å². The van der Waals surface area contributed by atoms with Crippen molar-refractivity contribution in [3.8, 4) is 0 Å². The third kappa shape index (κ3) is 0.838. The number of ether oxygens (including phenoxy) is 1. The van der Waals surface area contributed by atoms with Gasteiger partial charge in [0.15, 0.2) is 0 Å². The summed E-state index contributed by atoms with van der Waals surface area (Å²) in [7, 11) is 0. The lowest BCUT2D eigenvalue weighted by Crippen LogP contribution is -2.42. The Balaban J connectivity index is 3.10. The molecular formula is C8H12O4. The van der Waals surface area contributed by atoms with Crippen LogP contribution in [0, 0.1) is 10.8 Å². The highest BCUT2D eigenvalue weighted by Crippen LogP contribution is 2.45. The monoisotopic (exact) mass is 172 g/mol. The van der Waals surface area contributed by atoms with Gasteiger partial charge < -0.3 is 9.84 Å². The molecule has 0 aromatic carbocycles. The molecule has 1 fully saturated rings. The fourth-order valence-corrected chi connectivity index (χ4v) is 1.13. The molecule has 1 aliphatic heterocycles. The highest BCUT2D eigenvalue weighted by atomic mass is 16.5. The minimum Gasteiger partial charge on any atom is -0.481 e. The van der Waals surface area contributed by atoms with Gasteiger partial charge in [0, 0.05) is 0 Å². The summed E-state index contributed by atoms with van der Waals surface area (Å²) in [5.41, 5.74) is -2.02. The standard InChI is InChI=1S/C8H12O4/c1-7(2)6(11)12-4-8(7,3)5(9)10/h4H2,1-3H3,(H,9,10). The molecule has 0 radical (unpaired) electrons. The lowest BCUT2D eigenvalue weighted by molar-refractivity contribution is -0.155. The Labute approximate surface area is 70.5 Å². The average molecular weight is 172 g/mol. The van der Waals surface area contributed by atoms with Gasteiger partial charge in [0.05, 0.1) is 5.41 Å². The van der Waals surface area contributed by atoms with Crippen LogP contribution < -0.4 is 0 Å². The number of hydrogen-bond acceptors (Lipinski definition) is 3. The molecule has 0 aromatic heterocycles. The second kappa shape index (κ2) is 2.21. The van der Waals surface area contributed by atoms with Crippen molar-refractivity contribution < 1.29 is 19.4 Å². The molecule has 1 aliphatic rings. The number of carboxylic acid groups (broad SMARTS) is 1. The zero-order valence-electron chi connectivity index (χ0n) is 7.38. The van der Waals surface area contributed by atoms with Crippen molar-refractivity contribution in [1.82, 2.24) is 0 Å². The minimum atomic E-state index is -1.09. The number of hydrogen-bond donors (Lipinski definition) is 1. The summed E-state index contributed by atoms with van der Waals surface area (Å²) in [6.07, 6.45) is 0. The summed E-state index contributed by atoms with van der Waals surface area (Å²) in [5, 5.41) is 8.89. The lowest BCUT2D eigenvalue weighted by atomic mass is 9.69. The largest absolute Gasteiger partial charge is 0.481 e. The quantitative estimate of drug-likeness (QED) is 0.590. The maximum atomic E-state index is 11.1. The summed E-state index contributed by atoms with van der Waals surface area (Å²) in [6.45, 7) is 4.68. The van der Waals surface area contributed by atoms with E-state index in [1.165, 1.54) is 6.92 Å².